The largest absolute Gasteiger partial charge is 0.368 e. The van der Waals surface area contributed by atoms with E-state index in [1.165, 1.54) is 19.3 Å². The van der Waals surface area contributed by atoms with E-state index in [0.717, 1.165) is 12.8 Å². The second kappa shape index (κ2) is 8.48. The molecule has 0 aromatic rings. The van der Waals surface area contributed by atoms with Crippen molar-refractivity contribution in [2.75, 3.05) is 0 Å². The van der Waals surface area contributed by atoms with Crippen LogP contribution in [0.4, 0.5) is 0 Å². The molecule has 1 unspecified atom stereocenters. The lowest BCUT2D eigenvalue weighted by molar-refractivity contribution is -0.292. The van der Waals surface area contributed by atoms with Crippen molar-refractivity contribution in [3.63, 3.8) is 0 Å². The highest BCUT2D eigenvalue weighted by Gasteiger charge is 2.08. The van der Waals surface area contributed by atoms with Crippen LogP contribution in [0.25, 0.3) is 0 Å². The maximum absolute atomic E-state index is 11.0. The molecule has 0 aliphatic carbocycles. The summed E-state index contributed by atoms with van der Waals surface area (Å²) in [5.74, 6) is -0.490. The average molecular weight is 214 g/mol. The first-order valence-electron chi connectivity index (χ1n) is 5.61. The van der Waals surface area contributed by atoms with Gasteiger partial charge in [0.2, 0.25) is 0 Å². The van der Waals surface area contributed by atoms with Crippen LogP contribution in [0.3, 0.4) is 0 Å². The highest BCUT2D eigenvalue weighted by molar-refractivity contribution is 5.86. The lowest BCUT2D eigenvalue weighted by atomic mass is 10.1. The zero-order chi connectivity index (χ0) is 11.7. The quantitative estimate of drug-likeness (QED) is 0.269. The molecule has 0 rings (SSSR count). The van der Waals surface area contributed by atoms with E-state index in [2.05, 4.69) is 18.4 Å². The molecule has 0 amide bonds. The molecule has 0 spiro atoms. The van der Waals surface area contributed by atoms with E-state index in [9.17, 15) is 4.79 Å². The second-order valence-corrected chi connectivity index (χ2v) is 3.91. The van der Waals surface area contributed by atoms with Crippen molar-refractivity contribution in [1.82, 2.24) is 0 Å². The minimum absolute atomic E-state index is 0.0369. The van der Waals surface area contributed by atoms with Crippen LogP contribution in [0, 0.1) is 0 Å². The van der Waals surface area contributed by atoms with E-state index in [0.29, 0.717) is 5.57 Å². The maximum Gasteiger partial charge on any atom is 0.368 e. The Balaban J connectivity index is 3.44. The molecule has 0 heterocycles. The SMILES string of the molecule is C=C(C)C(=O)OOC(C)CCCCCC. The number of hydrogen-bond donors (Lipinski definition) is 0. The van der Waals surface area contributed by atoms with Gasteiger partial charge in [-0.05, 0) is 20.3 Å². The molecule has 0 bridgehead atoms. The fourth-order valence-electron chi connectivity index (χ4n) is 1.10. The molecule has 0 fully saturated rings. The third-order valence-corrected chi connectivity index (χ3v) is 2.10. The van der Waals surface area contributed by atoms with E-state index < -0.39 is 5.97 Å². The summed E-state index contributed by atoms with van der Waals surface area (Å²) in [6.45, 7) is 9.14. The predicted molar refractivity (Wildman–Crippen MR) is 60.2 cm³/mol. The molecule has 0 aliphatic rings. The summed E-state index contributed by atoms with van der Waals surface area (Å²) in [6, 6.07) is 0. The van der Waals surface area contributed by atoms with Gasteiger partial charge >= 0.3 is 5.97 Å². The number of rotatable bonds is 8. The fourth-order valence-corrected chi connectivity index (χ4v) is 1.10. The number of carbonyl (C=O) groups is 1. The van der Waals surface area contributed by atoms with Gasteiger partial charge in [0.05, 0.1) is 0 Å². The summed E-state index contributed by atoms with van der Waals surface area (Å²) < 4.78 is 0. The monoisotopic (exact) mass is 214 g/mol. The Morgan fingerprint density at radius 2 is 2.00 bits per heavy atom. The third-order valence-electron chi connectivity index (χ3n) is 2.10. The highest BCUT2D eigenvalue weighted by Crippen LogP contribution is 2.08. The van der Waals surface area contributed by atoms with Crippen LogP contribution in [-0.4, -0.2) is 12.1 Å². The summed E-state index contributed by atoms with van der Waals surface area (Å²) in [4.78, 5) is 20.5. The molecule has 15 heavy (non-hydrogen) atoms. The van der Waals surface area contributed by atoms with Gasteiger partial charge in [-0.1, -0.05) is 39.2 Å². The number of hydrogen-bond acceptors (Lipinski definition) is 3. The van der Waals surface area contributed by atoms with Gasteiger partial charge in [-0.25, -0.2) is 4.79 Å². The van der Waals surface area contributed by atoms with Gasteiger partial charge in [0.25, 0.3) is 0 Å². The Morgan fingerprint density at radius 1 is 1.33 bits per heavy atom. The Hall–Kier alpha value is -0.830. The molecule has 0 aliphatic heterocycles. The van der Waals surface area contributed by atoms with E-state index in [1.807, 2.05) is 6.92 Å². The normalized spacial score (nSPS) is 12.2. The molecule has 0 N–H and O–H groups in total. The second-order valence-electron chi connectivity index (χ2n) is 3.91. The number of carbonyl (C=O) groups excluding carboxylic acids is 1. The third kappa shape index (κ3) is 8.18. The van der Waals surface area contributed by atoms with Crippen molar-refractivity contribution in [3.8, 4) is 0 Å². The van der Waals surface area contributed by atoms with Crippen molar-refractivity contribution in [3.05, 3.63) is 12.2 Å². The minimum Gasteiger partial charge on any atom is -0.293 e. The van der Waals surface area contributed by atoms with Gasteiger partial charge in [-0.3, -0.25) is 4.89 Å². The summed E-state index contributed by atoms with van der Waals surface area (Å²) in [5.41, 5.74) is 0.355. The van der Waals surface area contributed by atoms with Gasteiger partial charge in [0, 0.05) is 5.57 Å². The molecule has 0 aromatic carbocycles. The minimum atomic E-state index is -0.490. The lowest BCUT2D eigenvalue weighted by Gasteiger charge is -2.10. The van der Waals surface area contributed by atoms with Crippen LogP contribution in [0.1, 0.15) is 52.9 Å². The topological polar surface area (TPSA) is 35.5 Å². The molecular weight excluding hydrogens is 192 g/mol. The van der Waals surface area contributed by atoms with Crippen molar-refractivity contribution in [1.29, 1.82) is 0 Å². The van der Waals surface area contributed by atoms with E-state index in [1.54, 1.807) is 6.92 Å². The van der Waals surface area contributed by atoms with Crippen molar-refractivity contribution >= 4 is 5.97 Å². The van der Waals surface area contributed by atoms with E-state index in [-0.39, 0.29) is 6.10 Å². The summed E-state index contributed by atoms with van der Waals surface area (Å²) in [5, 5.41) is 0. The van der Waals surface area contributed by atoms with Crippen LogP contribution < -0.4 is 0 Å². The average Bonchev–Trinajstić information content (AvgIpc) is 2.20. The Labute approximate surface area is 92.4 Å². The van der Waals surface area contributed by atoms with E-state index >= 15 is 0 Å². The van der Waals surface area contributed by atoms with Crippen LogP contribution >= 0.6 is 0 Å². The van der Waals surface area contributed by atoms with Crippen LogP contribution in [0.15, 0.2) is 12.2 Å². The van der Waals surface area contributed by atoms with Crippen molar-refractivity contribution in [2.45, 2.75) is 59.0 Å². The van der Waals surface area contributed by atoms with Gasteiger partial charge in [-0.15, -0.1) is 0 Å². The molecule has 88 valence electrons. The Morgan fingerprint density at radius 3 is 2.53 bits per heavy atom. The summed E-state index contributed by atoms with van der Waals surface area (Å²) in [6.07, 6.45) is 5.67. The smallest absolute Gasteiger partial charge is 0.293 e. The molecule has 3 nitrogen and oxygen atoms in total. The highest BCUT2D eigenvalue weighted by atomic mass is 17.2. The lowest BCUT2D eigenvalue weighted by Crippen LogP contribution is -2.13. The van der Waals surface area contributed by atoms with Crippen LogP contribution in [-0.2, 0) is 14.6 Å². The predicted octanol–water partition coefficient (Wildman–Crippen LogP) is 3.40. The van der Waals surface area contributed by atoms with Crippen LogP contribution in [0.2, 0.25) is 0 Å². The molecule has 0 saturated heterocycles. The zero-order valence-electron chi connectivity index (χ0n) is 10.0. The van der Waals surface area contributed by atoms with Gasteiger partial charge in [0.1, 0.15) is 6.10 Å². The maximum atomic E-state index is 11.0. The van der Waals surface area contributed by atoms with E-state index in [4.69, 9.17) is 4.89 Å². The van der Waals surface area contributed by atoms with Gasteiger partial charge < -0.3 is 0 Å². The van der Waals surface area contributed by atoms with Gasteiger partial charge in [-0.2, -0.15) is 4.89 Å². The summed E-state index contributed by atoms with van der Waals surface area (Å²) >= 11 is 0. The first-order chi connectivity index (χ1) is 7.07. The molecule has 1 atom stereocenters. The molecule has 3 heteroatoms. The molecule has 0 aromatic heterocycles. The first-order valence-corrected chi connectivity index (χ1v) is 5.61. The molecular formula is C12H22O3. The van der Waals surface area contributed by atoms with Crippen molar-refractivity contribution in [2.24, 2.45) is 0 Å². The zero-order valence-corrected chi connectivity index (χ0v) is 10.0. The fraction of sp³-hybridized carbons (Fsp3) is 0.750. The number of unbranched alkanes of at least 4 members (excludes halogenated alkanes) is 3. The first kappa shape index (κ1) is 14.2. The summed E-state index contributed by atoms with van der Waals surface area (Å²) in [7, 11) is 0. The Bertz CT molecular complexity index is 199. The molecule has 0 saturated carbocycles. The molecule has 0 radical (unpaired) electrons. The van der Waals surface area contributed by atoms with Crippen LogP contribution in [0.5, 0.6) is 0 Å². The van der Waals surface area contributed by atoms with Crippen molar-refractivity contribution < 1.29 is 14.6 Å². The standard InChI is InChI=1S/C12H22O3/c1-5-6-7-8-9-11(4)14-15-12(13)10(2)3/h11H,2,5-9H2,1,3-4H3. The van der Waals surface area contributed by atoms with Gasteiger partial charge in [0.15, 0.2) is 0 Å². The Kier molecular flexibility index (Phi) is 8.01.